The second kappa shape index (κ2) is 5.78. The van der Waals surface area contributed by atoms with Crippen LogP contribution in [0.25, 0.3) is 0 Å². The number of aromatic carboxylic acids is 1. The number of rotatable bonds is 2. The summed E-state index contributed by atoms with van der Waals surface area (Å²) in [7, 11) is 0. The van der Waals surface area contributed by atoms with Gasteiger partial charge in [-0.05, 0) is 12.1 Å². The quantitative estimate of drug-likeness (QED) is 0.632. The van der Waals surface area contributed by atoms with Crippen LogP contribution in [0.15, 0.2) is 12.1 Å². The largest absolute Gasteiger partial charge is 0.478 e. The summed E-state index contributed by atoms with van der Waals surface area (Å²) in [5, 5.41) is 8.67. The average Bonchev–Trinajstić information content (AvgIpc) is 2.22. The van der Waals surface area contributed by atoms with Gasteiger partial charge in [-0.3, -0.25) is 0 Å². The Hall–Kier alpha value is -1.18. The van der Waals surface area contributed by atoms with Crippen LogP contribution in [0.1, 0.15) is 22.3 Å². The third-order valence-corrected chi connectivity index (χ3v) is 2.28. The van der Waals surface area contributed by atoms with Gasteiger partial charge in [0.05, 0.1) is 16.1 Å². The first-order valence-electron chi connectivity index (χ1n) is 4.38. The molecule has 0 aromatic heterocycles. The van der Waals surface area contributed by atoms with Crippen molar-refractivity contribution in [2.75, 3.05) is 5.75 Å². The molecule has 0 saturated carbocycles. The summed E-state index contributed by atoms with van der Waals surface area (Å²) in [4.78, 5) is 10.6. The number of carboxylic acid groups (broad SMARTS) is 1. The zero-order valence-corrected chi connectivity index (χ0v) is 9.78. The second-order valence-corrected chi connectivity index (χ2v) is 3.75. The number of benzene rings is 1. The van der Waals surface area contributed by atoms with Crippen molar-refractivity contribution < 1.29 is 14.3 Å². The van der Waals surface area contributed by atoms with Crippen LogP contribution >= 0.6 is 24.2 Å². The van der Waals surface area contributed by atoms with Crippen LogP contribution in [0.4, 0.5) is 4.39 Å². The van der Waals surface area contributed by atoms with Crippen LogP contribution in [0, 0.1) is 17.7 Å². The van der Waals surface area contributed by atoms with Gasteiger partial charge in [-0.2, -0.15) is 12.6 Å². The predicted molar refractivity (Wildman–Crippen MR) is 63.7 cm³/mol. The highest BCUT2D eigenvalue weighted by molar-refractivity contribution is 7.80. The zero-order chi connectivity index (χ0) is 12.1. The van der Waals surface area contributed by atoms with Crippen molar-refractivity contribution in [2.24, 2.45) is 0 Å². The lowest BCUT2D eigenvalue weighted by Gasteiger charge is -2.00. The van der Waals surface area contributed by atoms with E-state index in [1.807, 2.05) is 0 Å². The predicted octanol–water partition coefficient (Wildman–Crippen LogP) is 2.85. The van der Waals surface area contributed by atoms with E-state index >= 15 is 0 Å². The van der Waals surface area contributed by atoms with Crippen molar-refractivity contribution in [3.63, 3.8) is 0 Å². The normalized spacial score (nSPS) is 9.44. The van der Waals surface area contributed by atoms with Crippen LogP contribution < -0.4 is 0 Å². The van der Waals surface area contributed by atoms with E-state index in [4.69, 9.17) is 16.7 Å². The van der Waals surface area contributed by atoms with E-state index in [-0.39, 0.29) is 16.1 Å². The minimum absolute atomic E-state index is 0.0240. The molecule has 16 heavy (non-hydrogen) atoms. The monoisotopic (exact) mass is 258 g/mol. The lowest BCUT2D eigenvalue weighted by atomic mass is 10.1. The van der Waals surface area contributed by atoms with Gasteiger partial charge in [0.25, 0.3) is 0 Å². The lowest BCUT2D eigenvalue weighted by molar-refractivity contribution is 0.0696. The minimum atomic E-state index is -1.27. The molecule has 2 nitrogen and oxygen atoms in total. The molecule has 0 spiro atoms. The highest BCUT2D eigenvalue weighted by Crippen LogP contribution is 2.20. The van der Waals surface area contributed by atoms with Gasteiger partial charge in [0.1, 0.15) is 5.82 Å². The average molecular weight is 259 g/mol. The fourth-order valence-electron chi connectivity index (χ4n) is 1.02. The topological polar surface area (TPSA) is 37.3 Å². The maximum absolute atomic E-state index is 13.4. The molecule has 0 saturated heterocycles. The van der Waals surface area contributed by atoms with Crippen LogP contribution in [0.5, 0.6) is 0 Å². The van der Waals surface area contributed by atoms with Gasteiger partial charge in [0.15, 0.2) is 0 Å². The van der Waals surface area contributed by atoms with E-state index in [0.29, 0.717) is 12.2 Å². The Morgan fingerprint density at radius 2 is 2.25 bits per heavy atom. The molecule has 0 radical (unpaired) electrons. The first-order chi connectivity index (χ1) is 7.56. The molecule has 5 heteroatoms. The van der Waals surface area contributed by atoms with Crippen molar-refractivity contribution in [2.45, 2.75) is 6.42 Å². The number of thiol groups is 1. The van der Waals surface area contributed by atoms with Gasteiger partial charge >= 0.3 is 5.97 Å². The van der Waals surface area contributed by atoms with Crippen LogP contribution in [0.2, 0.25) is 5.02 Å². The van der Waals surface area contributed by atoms with Gasteiger partial charge in [-0.25, -0.2) is 9.18 Å². The summed E-state index contributed by atoms with van der Waals surface area (Å²) in [5.74, 6) is 3.89. The van der Waals surface area contributed by atoms with Gasteiger partial charge in [0.2, 0.25) is 0 Å². The molecule has 1 rings (SSSR count). The minimum Gasteiger partial charge on any atom is -0.478 e. The van der Waals surface area contributed by atoms with Crippen molar-refractivity contribution in [1.29, 1.82) is 0 Å². The molecule has 0 heterocycles. The Morgan fingerprint density at radius 1 is 1.56 bits per heavy atom. The van der Waals surface area contributed by atoms with E-state index in [1.54, 1.807) is 0 Å². The summed E-state index contributed by atoms with van der Waals surface area (Å²) >= 11 is 9.64. The van der Waals surface area contributed by atoms with Crippen LogP contribution in [-0.4, -0.2) is 16.8 Å². The summed E-state index contributed by atoms with van der Waals surface area (Å²) in [6.45, 7) is 0. The molecule has 0 bridgehead atoms. The summed E-state index contributed by atoms with van der Waals surface area (Å²) in [6.07, 6.45) is 0.529. The summed E-state index contributed by atoms with van der Waals surface area (Å²) in [6, 6.07) is 2.08. The van der Waals surface area contributed by atoms with Crippen LogP contribution in [0.3, 0.4) is 0 Å². The number of hydrogen-bond acceptors (Lipinski definition) is 2. The van der Waals surface area contributed by atoms with Crippen molar-refractivity contribution in [3.05, 3.63) is 34.1 Å². The maximum atomic E-state index is 13.4. The first-order valence-corrected chi connectivity index (χ1v) is 5.39. The van der Waals surface area contributed by atoms with Gasteiger partial charge in [-0.15, -0.1) is 0 Å². The fraction of sp³-hybridized carbons (Fsp3) is 0.182. The van der Waals surface area contributed by atoms with E-state index in [0.717, 1.165) is 6.07 Å². The van der Waals surface area contributed by atoms with E-state index in [9.17, 15) is 9.18 Å². The molecular formula is C11H8ClFO2S. The molecule has 0 atom stereocenters. The molecule has 0 fully saturated rings. The first kappa shape index (κ1) is 12.9. The third-order valence-electron chi connectivity index (χ3n) is 1.75. The highest BCUT2D eigenvalue weighted by Gasteiger charge is 2.12. The number of carbonyl (C=O) groups is 1. The standard InChI is InChI=1S/C11H8ClFO2S/c12-9-5-7(3-1-2-4-16)10(13)6-8(9)11(14)15/h5-6,16H,2,4H2,(H,14,15). The van der Waals surface area contributed by atoms with Gasteiger partial charge < -0.3 is 5.11 Å². The van der Waals surface area contributed by atoms with Crippen LogP contribution in [-0.2, 0) is 0 Å². The lowest BCUT2D eigenvalue weighted by Crippen LogP contribution is -1.99. The molecule has 1 aromatic carbocycles. The van der Waals surface area contributed by atoms with Crippen molar-refractivity contribution in [3.8, 4) is 11.8 Å². The van der Waals surface area contributed by atoms with E-state index < -0.39 is 11.8 Å². The fourth-order valence-corrected chi connectivity index (χ4v) is 1.38. The highest BCUT2D eigenvalue weighted by atomic mass is 35.5. The Morgan fingerprint density at radius 3 is 2.81 bits per heavy atom. The molecule has 0 aliphatic carbocycles. The maximum Gasteiger partial charge on any atom is 0.337 e. The molecule has 0 aliphatic rings. The molecule has 1 aromatic rings. The number of carboxylic acids is 1. The Labute approximate surface area is 103 Å². The Bertz CT molecular complexity index is 477. The van der Waals surface area contributed by atoms with Crippen molar-refractivity contribution in [1.82, 2.24) is 0 Å². The Balaban J connectivity index is 3.12. The molecule has 0 aliphatic heterocycles. The second-order valence-electron chi connectivity index (χ2n) is 2.89. The molecule has 1 N–H and O–H groups in total. The summed E-state index contributed by atoms with van der Waals surface area (Å²) < 4.78 is 13.4. The Kier molecular flexibility index (Phi) is 4.66. The molecule has 0 unspecified atom stereocenters. The van der Waals surface area contributed by atoms with E-state index in [1.165, 1.54) is 6.07 Å². The SMILES string of the molecule is O=C(O)c1cc(F)c(C#CCCS)cc1Cl. The third kappa shape index (κ3) is 3.16. The van der Waals surface area contributed by atoms with E-state index in [2.05, 4.69) is 24.5 Å². The van der Waals surface area contributed by atoms with Crippen molar-refractivity contribution >= 4 is 30.2 Å². The summed E-state index contributed by atoms with van der Waals surface area (Å²) in [5.41, 5.74) is -0.171. The smallest absolute Gasteiger partial charge is 0.337 e. The van der Waals surface area contributed by atoms with Gasteiger partial charge in [0, 0.05) is 12.2 Å². The molecular weight excluding hydrogens is 251 g/mol. The number of hydrogen-bond donors (Lipinski definition) is 2. The zero-order valence-electron chi connectivity index (χ0n) is 8.13. The number of halogens is 2. The molecule has 84 valence electrons. The molecule has 0 amide bonds. The van der Waals surface area contributed by atoms with Gasteiger partial charge in [-0.1, -0.05) is 23.4 Å².